The number of benzene rings is 1. The van der Waals surface area contributed by atoms with Crippen LogP contribution in [0.15, 0.2) is 35.9 Å². The van der Waals surface area contributed by atoms with Crippen molar-refractivity contribution < 1.29 is 9.53 Å². The third-order valence-electron chi connectivity index (χ3n) is 3.86. The molecular weight excluding hydrogens is 264 g/mol. The highest BCUT2D eigenvalue weighted by molar-refractivity contribution is 6.08. The molecule has 0 bridgehead atoms. The summed E-state index contributed by atoms with van der Waals surface area (Å²) in [5.74, 6) is -0.0513. The van der Waals surface area contributed by atoms with Crippen molar-refractivity contribution in [3.05, 3.63) is 41.5 Å². The largest absolute Gasteiger partial charge is 0.364 e. The van der Waals surface area contributed by atoms with E-state index < -0.39 is 5.41 Å². The Morgan fingerprint density at radius 2 is 2.14 bits per heavy atom. The van der Waals surface area contributed by atoms with Gasteiger partial charge in [0.2, 0.25) is 5.91 Å². The number of anilines is 1. The van der Waals surface area contributed by atoms with Gasteiger partial charge in [-0.1, -0.05) is 29.8 Å². The first-order chi connectivity index (χ1) is 10.1. The molecular formula is C17H20N2O2. The zero-order chi connectivity index (χ0) is 15.5. The Morgan fingerprint density at radius 3 is 2.76 bits per heavy atom. The second-order valence-corrected chi connectivity index (χ2v) is 5.57. The second kappa shape index (κ2) is 6.11. The first-order valence-electron chi connectivity index (χ1n) is 6.97. The third-order valence-corrected chi connectivity index (χ3v) is 3.86. The average molecular weight is 284 g/mol. The Balaban J connectivity index is 2.56. The molecule has 1 aromatic carbocycles. The molecule has 0 aliphatic carbocycles. The molecule has 0 saturated carbocycles. The van der Waals surface area contributed by atoms with Crippen molar-refractivity contribution in [2.45, 2.75) is 32.1 Å². The zero-order valence-electron chi connectivity index (χ0n) is 12.7. The molecule has 1 aromatic rings. The van der Waals surface area contributed by atoms with E-state index in [-0.39, 0.29) is 19.1 Å². The first kappa shape index (κ1) is 15.3. The Kier molecular flexibility index (Phi) is 4.44. The number of allylic oxidation sites excluding steroid dienone is 2. The molecule has 1 aliphatic heterocycles. The Hall–Kier alpha value is -2.12. The third kappa shape index (κ3) is 2.57. The van der Waals surface area contributed by atoms with Crippen molar-refractivity contribution in [3.63, 3.8) is 0 Å². The van der Waals surface area contributed by atoms with Gasteiger partial charge in [0.05, 0.1) is 23.6 Å². The highest BCUT2D eigenvalue weighted by Crippen LogP contribution is 2.46. The summed E-state index contributed by atoms with van der Waals surface area (Å²) in [6, 6.07) is 9.86. The van der Waals surface area contributed by atoms with Gasteiger partial charge in [-0.15, -0.1) is 0 Å². The number of carbonyl (C=O) groups excluding carboxylic acids is 1. The zero-order valence-corrected chi connectivity index (χ0v) is 12.7. The summed E-state index contributed by atoms with van der Waals surface area (Å²) >= 11 is 0. The Morgan fingerprint density at radius 1 is 1.43 bits per heavy atom. The van der Waals surface area contributed by atoms with Crippen LogP contribution >= 0.6 is 0 Å². The summed E-state index contributed by atoms with van der Waals surface area (Å²) in [6.07, 6.45) is 2.74. The van der Waals surface area contributed by atoms with Crippen LogP contribution < -0.4 is 4.90 Å². The number of carbonyl (C=O) groups is 1. The van der Waals surface area contributed by atoms with E-state index in [4.69, 9.17) is 4.74 Å². The number of nitrogens with zero attached hydrogens (tertiary/aromatic N) is 2. The van der Waals surface area contributed by atoms with Crippen LogP contribution in [0.2, 0.25) is 0 Å². The highest BCUT2D eigenvalue weighted by Gasteiger charge is 2.49. The minimum absolute atomic E-state index is 0.0513. The van der Waals surface area contributed by atoms with Crippen LogP contribution in [-0.2, 0) is 14.9 Å². The molecule has 4 heteroatoms. The lowest BCUT2D eigenvalue weighted by atomic mass is 9.76. The SMILES string of the molecule is COCN1C(=O)C(CC#N)(CC=C(C)C)c2ccccc21. The molecule has 0 aromatic heterocycles. The quantitative estimate of drug-likeness (QED) is 0.780. The van der Waals surface area contributed by atoms with Gasteiger partial charge < -0.3 is 4.74 Å². The van der Waals surface area contributed by atoms with Gasteiger partial charge in [-0.05, 0) is 31.9 Å². The van der Waals surface area contributed by atoms with Gasteiger partial charge in [0, 0.05) is 7.11 Å². The Labute approximate surface area is 125 Å². The maximum atomic E-state index is 12.9. The fourth-order valence-corrected chi connectivity index (χ4v) is 2.81. The number of ether oxygens (including phenoxy) is 1. The van der Waals surface area contributed by atoms with E-state index in [2.05, 4.69) is 6.07 Å². The van der Waals surface area contributed by atoms with E-state index in [9.17, 15) is 10.1 Å². The summed E-state index contributed by atoms with van der Waals surface area (Å²) < 4.78 is 5.16. The smallest absolute Gasteiger partial charge is 0.240 e. The van der Waals surface area contributed by atoms with Crippen LogP contribution in [0.1, 0.15) is 32.3 Å². The maximum absolute atomic E-state index is 12.9. The summed E-state index contributed by atoms with van der Waals surface area (Å²) in [4.78, 5) is 14.6. The van der Waals surface area contributed by atoms with Crippen LogP contribution in [0.3, 0.4) is 0 Å². The fraction of sp³-hybridized carbons (Fsp3) is 0.412. The van der Waals surface area contributed by atoms with Gasteiger partial charge in [0.15, 0.2) is 0 Å². The molecule has 2 rings (SSSR count). The standard InChI is InChI=1S/C17H20N2O2/c1-13(2)8-9-17(10-11-18)14-6-4-5-7-15(14)19(12-21-3)16(17)20/h4-8H,9-10,12H2,1-3H3. The molecule has 0 spiro atoms. The van der Waals surface area contributed by atoms with Crippen LogP contribution in [0, 0.1) is 11.3 Å². The van der Waals surface area contributed by atoms with E-state index in [0.717, 1.165) is 16.8 Å². The highest BCUT2D eigenvalue weighted by atomic mass is 16.5. The number of nitriles is 1. The minimum Gasteiger partial charge on any atom is -0.364 e. The molecule has 0 fully saturated rings. The summed E-state index contributed by atoms with van der Waals surface area (Å²) in [6.45, 7) is 4.20. The van der Waals surface area contributed by atoms with Crippen molar-refractivity contribution in [3.8, 4) is 6.07 Å². The van der Waals surface area contributed by atoms with E-state index in [1.807, 2.05) is 44.2 Å². The van der Waals surface area contributed by atoms with Crippen LogP contribution in [0.5, 0.6) is 0 Å². The van der Waals surface area contributed by atoms with E-state index >= 15 is 0 Å². The lowest BCUT2D eigenvalue weighted by Gasteiger charge is -2.25. The molecule has 1 unspecified atom stereocenters. The Bertz CT molecular complexity index is 611. The second-order valence-electron chi connectivity index (χ2n) is 5.57. The molecule has 0 saturated heterocycles. The lowest BCUT2D eigenvalue weighted by Crippen LogP contribution is -2.40. The molecule has 4 nitrogen and oxygen atoms in total. The van der Waals surface area contributed by atoms with Crippen molar-refractivity contribution in [1.82, 2.24) is 0 Å². The minimum atomic E-state index is -0.791. The fourth-order valence-electron chi connectivity index (χ4n) is 2.81. The summed E-state index contributed by atoms with van der Waals surface area (Å²) in [7, 11) is 1.57. The summed E-state index contributed by atoms with van der Waals surface area (Å²) in [5.41, 5.74) is 2.12. The topological polar surface area (TPSA) is 53.3 Å². The van der Waals surface area contributed by atoms with E-state index in [1.54, 1.807) is 12.0 Å². The number of methoxy groups -OCH3 is 1. The van der Waals surface area contributed by atoms with E-state index in [1.165, 1.54) is 0 Å². The van der Waals surface area contributed by atoms with E-state index in [0.29, 0.717) is 6.42 Å². The van der Waals surface area contributed by atoms with Crippen molar-refractivity contribution in [1.29, 1.82) is 5.26 Å². The van der Waals surface area contributed by atoms with Gasteiger partial charge >= 0.3 is 0 Å². The molecule has 110 valence electrons. The average Bonchev–Trinajstić information content (AvgIpc) is 2.69. The molecule has 1 aliphatic rings. The number of hydrogen-bond acceptors (Lipinski definition) is 3. The molecule has 21 heavy (non-hydrogen) atoms. The predicted molar refractivity (Wildman–Crippen MR) is 81.8 cm³/mol. The van der Waals surface area contributed by atoms with Gasteiger partial charge in [0.25, 0.3) is 0 Å². The van der Waals surface area contributed by atoms with Gasteiger partial charge in [-0.25, -0.2) is 0 Å². The van der Waals surface area contributed by atoms with Gasteiger partial charge in [0.1, 0.15) is 6.73 Å². The number of hydrogen-bond donors (Lipinski definition) is 0. The number of amides is 1. The summed E-state index contributed by atoms with van der Waals surface area (Å²) in [5, 5.41) is 9.24. The maximum Gasteiger partial charge on any atom is 0.240 e. The van der Waals surface area contributed by atoms with Crippen LogP contribution in [-0.4, -0.2) is 19.7 Å². The molecule has 1 heterocycles. The van der Waals surface area contributed by atoms with Crippen molar-refractivity contribution in [2.75, 3.05) is 18.7 Å². The molecule has 0 radical (unpaired) electrons. The number of para-hydroxylation sites is 1. The monoisotopic (exact) mass is 284 g/mol. The van der Waals surface area contributed by atoms with Gasteiger partial charge in [-0.3, -0.25) is 9.69 Å². The number of rotatable bonds is 5. The van der Waals surface area contributed by atoms with Gasteiger partial charge in [-0.2, -0.15) is 5.26 Å². The predicted octanol–water partition coefficient (Wildman–Crippen LogP) is 3.14. The number of fused-ring (bicyclic) bond motifs is 1. The first-order valence-corrected chi connectivity index (χ1v) is 6.97. The molecule has 1 amide bonds. The molecule has 1 atom stereocenters. The van der Waals surface area contributed by atoms with Crippen molar-refractivity contribution in [2.24, 2.45) is 0 Å². The van der Waals surface area contributed by atoms with Crippen LogP contribution in [0.4, 0.5) is 5.69 Å². The molecule has 0 N–H and O–H groups in total. The van der Waals surface area contributed by atoms with Crippen molar-refractivity contribution >= 4 is 11.6 Å². The normalized spacial score (nSPS) is 20.1. The van der Waals surface area contributed by atoms with Crippen LogP contribution in [0.25, 0.3) is 0 Å². The lowest BCUT2D eigenvalue weighted by molar-refractivity contribution is -0.123.